The van der Waals surface area contributed by atoms with Gasteiger partial charge in [-0.15, -0.1) is 0 Å². The lowest BCUT2D eigenvalue weighted by atomic mass is 10.0. The Labute approximate surface area is 71.0 Å². The molecule has 66 valence electrons. The van der Waals surface area contributed by atoms with Crippen LogP contribution >= 0.6 is 0 Å². The molecule has 0 spiro atoms. The molecule has 1 N–H and O–H groups in total. The Hall–Kier alpha value is -1.25. The maximum absolute atomic E-state index is 10.6. The van der Waals surface area contributed by atoms with Crippen LogP contribution in [0.1, 0.15) is 19.1 Å². The van der Waals surface area contributed by atoms with Crippen molar-refractivity contribution in [2.24, 2.45) is 5.92 Å². The van der Waals surface area contributed by atoms with Gasteiger partial charge >= 0.3 is 5.97 Å². The van der Waals surface area contributed by atoms with E-state index in [2.05, 4.69) is 0 Å². The minimum atomic E-state index is -0.756. The van der Waals surface area contributed by atoms with Crippen LogP contribution in [0.3, 0.4) is 0 Å². The van der Waals surface area contributed by atoms with Crippen LogP contribution in [-0.2, 0) is 11.2 Å². The van der Waals surface area contributed by atoms with E-state index in [1.807, 2.05) is 6.92 Å². The molecule has 0 aliphatic rings. The Morgan fingerprint density at radius 3 is 2.92 bits per heavy atom. The number of hydrogen-bond donors (Lipinski definition) is 1. The van der Waals surface area contributed by atoms with Gasteiger partial charge in [0.05, 0.1) is 12.2 Å². The highest BCUT2D eigenvalue weighted by atomic mass is 16.4. The molecule has 0 radical (unpaired) electrons. The van der Waals surface area contributed by atoms with E-state index in [0.29, 0.717) is 12.8 Å². The molecule has 0 amide bonds. The van der Waals surface area contributed by atoms with E-state index >= 15 is 0 Å². The van der Waals surface area contributed by atoms with Crippen LogP contribution in [0.5, 0.6) is 0 Å². The molecular weight excluding hydrogens is 156 g/mol. The van der Waals surface area contributed by atoms with Crippen LogP contribution in [0.4, 0.5) is 0 Å². The fraction of sp³-hybridized carbons (Fsp3) is 0.444. The molecular formula is C9H12O3. The Morgan fingerprint density at radius 2 is 2.50 bits per heavy atom. The van der Waals surface area contributed by atoms with Gasteiger partial charge in [-0.2, -0.15) is 0 Å². The summed E-state index contributed by atoms with van der Waals surface area (Å²) >= 11 is 0. The van der Waals surface area contributed by atoms with Crippen molar-refractivity contribution in [3.8, 4) is 0 Å². The summed E-state index contributed by atoms with van der Waals surface area (Å²) in [7, 11) is 0. The minimum Gasteiger partial charge on any atom is -0.481 e. The molecule has 0 unspecified atom stereocenters. The third-order valence-electron chi connectivity index (χ3n) is 1.87. The number of carbonyl (C=O) groups is 1. The minimum absolute atomic E-state index is 0.323. The Bertz CT molecular complexity index is 238. The molecule has 0 aliphatic heterocycles. The van der Waals surface area contributed by atoms with Crippen molar-refractivity contribution >= 4 is 5.97 Å². The van der Waals surface area contributed by atoms with Gasteiger partial charge in [0.25, 0.3) is 0 Å². The van der Waals surface area contributed by atoms with E-state index in [-0.39, 0.29) is 5.92 Å². The topological polar surface area (TPSA) is 50.4 Å². The summed E-state index contributed by atoms with van der Waals surface area (Å²) < 4.78 is 5.05. The molecule has 1 rings (SSSR count). The van der Waals surface area contributed by atoms with Crippen molar-refractivity contribution < 1.29 is 14.3 Å². The first-order valence-electron chi connectivity index (χ1n) is 3.99. The van der Waals surface area contributed by atoms with E-state index in [0.717, 1.165) is 5.76 Å². The maximum Gasteiger partial charge on any atom is 0.306 e. The average molecular weight is 168 g/mol. The molecule has 1 aromatic heterocycles. The molecule has 0 bridgehead atoms. The number of carboxylic acids is 1. The second-order valence-electron chi connectivity index (χ2n) is 2.73. The van der Waals surface area contributed by atoms with Crippen molar-refractivity contribution in [1.29, 1.82) is 0 Å². The summed E-state index contributed by atoms with van der Waals surface area (Å²) in [6.07, 6.45) is 2.68. The monoisotopic (exact) mass is 168 g/mol. The third-order valence-corrected chi connectivity index (χ3v) is 1.87. The number of furan rings is 1. The highest BCUT2D eigenvalue weighted by Gasteiger charge is 2.16. The number of carboxylic acid groups (broad SMARTS) is 1. The van der Waals surface area contributed by atoms with Crippen LogP contribution in [0.2, 0.25) is 0 Å². The predicted octanol–water partition coefficient (Wildman–Crippen LogP) is 1.93. The lowest BCUT2D eigenvalue weighted by Crippen LogP contribution is -2.14. The van der Waals surface area contributed by atoms with Crippen LogP contribution in [0, 0.1) is 5.92 Å². The molecule has 0 aliphatic carbocycles. The normalized spacial score (nSPS) is 12.8. The fourth-order valence-corrected chi connectivity index (χ4v) is 1.08. The van der Waals surface area contributed by atoms with Crippen LogP contribution in [-0.4, -0.2) is 11.1 Å². The van der Waals surface area contributed by atoms with E-state index < -0.39 is 5.97 Å². The van der Waals surface area contributed by atoms with Crippen LogP contribution < -0.4 is 0 Å². The van der Waals surface area contributed by atoms with E-state index in [1.165, 1.54) is 0 Å². The van der Waals surface area contributed by atoms with Crippen LogP contribution in [0.15, 0.2) is 22.8 Å². The Kier molecular flexibility index (Phi) is 2.91. The summed E-state index contributed by atoms with van der Waals surface area (Å²) in [5.74, 6) is -0.339. The van der Waals surface area contributed by atoms with E-state index in [4.69, 9.17) is 9.52 Å². The standard InChI is InChI=1S/C9H12O3/c1-2-7(9(10)11)6-8-4-3-5-12-8/h3-5,7H,2,6H2,1H3,(H,10,11)/t7-/m1/s1. The number of aliphatic carboxylic acids is 1. The fourth-order valence-electron chi connectivity index (χ4n) is 1.08. The number of rotatable bonds is 4. The lowest BCUT2D eigenvalue weighted by molar-refractivity contribution is -0.141. The van der Waals surface area contributed by atoms with Gasteiger partial charge in [-0.05, 0) is 18.6 Å². The largest absolute Gasteiger partial charge is 0.481 e. The van der Waals surface area contributed by atoms with Gasteiger partial charge < -0.3 is 9.52 Å². The summed E-state index contributed by atoms with van der Waals surface area (Å²) in [6, 6.07) is 3.56. The molecule has 0 saturated heterocycles. The highest BCUT2D eigenvalue weighted by Crippen LogP contribution is 2.12. The molecule has 3 nitrogen and oxygen atoms in total. The molecule has 1 atom stereocenters. The smallest absolute Gasteiger partial charge is 0.306 e. The molecule has 0 fully saturated rings. The van der Waals surface area contributed by atoms with Crippen molar-refractivity contribution in [2.75, 3.05) is 0 Å². The second kappa shape index (κ2) is 3.95. The molecule has 1 aromatic rings. The SMILES string of the molecule is CC[C@H](Cc1ccco1)C(=O)O. The van der Waals surface area contributed by atoms with Gasteiger partial charge in [0.15, 0.2) is 0 Å². The van der Waals surface area contributed by atoms with Crippen molar-refractivity contribution in [2.45, 2.75) is 19.8 Å². The average Bonchev–Trinajstić information content (AvgIpc) is 2.51. The van der Waals surface area contributed by atoms with E-state index in [1.54, 1.807) is 18.4 Å². The quantitative estimate of drug-likeness (QED) is 0.747. The zero-order chi connectivity index (χ0) is 8.97. The molecule has 0 saturated carbocycles. The summed E-state index contributed by atoms with van der Waals surface area (Å²) in [4.78, 5) is 10.6. The predicted molar refractivity (Wildman–Crippen MR) is 43.8 cm³/mol. The molecule has 12 heavy (non-hydrogen) atoms. The molecule has 3 heteroatoms. The molecule has 1 heterocycles. The summed E-state index contributed by atoms with van der Waals surface area (Å²) in [5, 5.41) is 8.73. The van der Waals surface area contributed by atoms with Gasteiger partial charge in [-0.25, -0.2) is 0 Å². The van der Waals surface area contributed by atoms with Gasteiger partial charge in [0.1, 0.15) is 5.76 Å². The number of hydrogen-bond acceptors (Lipinski definition) is 2. The third kappa shape index (κ3) is 2.12. The first kappa shape index (κ1) is 8.84. The zero-order valence-electron chi connectivity index (χ0n) is 6.99. The summed E-state index contributed by atoms with van der Waals surface area (Å²) in [6.45, 7) is 1.86. The second-order valence-corrected chi connectivity index (χ2v) is 2.73. The Balaban J connectivity index is 2.54. The summed E-state index contributed by atoms with van der Waals surface area (Å²) in [5.41, 5.74) is 0. The first-order valence-corrected chi connectivity index (χ1v) is 3.99. The molecule has 0 aromatic carbocycles. The zero-order valence-corrected chi connectivity index (χ0v) is 6.99. The van der Waals surface area contributed by atoms with Gasteiger partial charge in [0, 0.05) is 6.42 Å². The van der Waals surface area contributed by atoms with Gasteiger partial charge in [-0.1, -0.05) is 6.92 Å². The van der Waals surface area contributed by atoms with Crippen molar-refractivity contribution in [3.63, 3.8) is 0 Å². The van der Waals surface area contributed by atoms with Gasteiger partial charge in [-0.3, -0.25) is 4.79 Å². The highest BCUT2D eigenvalue weighted by molar-refractivity contribution is 5.70. The van der Waals surface area contributed by atoms with E-state index in [9.17, 15) is 4.79 Å². The first-order chi connectivity index (χ1) is 5.74. The van der Waals surface area contributed by atoms with Crippen LogP contribution in [0.25, 0.3) is 0 Å². The lowest BCUT2D eigenvalue weighted by Gasteiger charge is -2.05. The maximum atomic E-state index is 10.6. The van der Waals surface area contributed by atoms with Crippen molar-refractivity contribution in [1.82, 2.24) is 0 Å². The van der Waals surface area contributed by atoms with Crippen molar-refractivity contribution in [3.05, 3.63) is 24.2 Å². The Morgan fingerprint density at radius 1 is 1.75 bits per heavy atom. The van der Waals surface area contributed by atoms with Gasteiger partial charge in [0.2, 0.25) is 0 Å².